The first-order chi connectivity index (χ1) is 33.3. The predicted octanol–water partition coefficient (Wildman–Crippen LogP) is 14.6. The molecular formula is C59H113NO8. The zero-order chi connectivity index (χ0) is 49.4. The van der Waals surface area contributed by atoms with E-state index in [1.807, 2.05) is 6.08 Å². The van der Waals surface area contributed by atoms with Crippen molar-refractivity contribution in [3.05, 3.63) is 24.3 Å². The van der Waals surface area contributed by atoms with Crippen LogP contribution in [0.4, 0.5) is 0 Å². The predicted molar refractivity (Wildman–Crippen MR) is 286 cm³/mol. The molecule has 0 spiro atoms. The van der Waals surface area contributed by atoms with E-state index < -0.39 is 49.5 Å². The third kappa shape index (κ3) is 38.4. The van der Waals surface area contributed by atoms with E-state index in [9.17, 15) is 30.3 Å². The Kier molecular flexibility index (Phi) is 46.9. The van der Waals surface area contributed by atoms with Gasteiger partial charge >= 0.3 is 0 Å². The fourth-order valence-electron chi connectivity index (χ4n) is 9.59. The van der Waals surface area contributed by atoms with Gasteiger partial charge in [-0.2, -0.15) is 0 Å². The van der Waals surface area contributed by atoms with Crippen molar-refractivity contribution in [2.75, 3.05) is 13.2 Å². The van der Waals surface area contributed by atoms with Gasteiger partial charge in [0.2, 0.25) is 5.91 Å². The molecule has 1 aliphatic rings. The largest absolute Gasteiger partial charge is 0.394 e. The monoisotopic (exact) mass is 964 g/mol. The fourth-order valence-corrected chi connectivity index (χ4v) is 9.59. The van der Waals surface area contributed by atoms with E-state index in [1.165, 1.54) is 231 Å². The third-order valence-corrected chi connectivity index (χ3v) is 14.3. The van der Waals surface area contributed by atoms with Gasteiger partial charge in [-0.1, -0.05) is 276 Å². The molecule has 9 nitrogen and oxygen atoms in total. The Morgan fingerprint density at radius 3 is 1.24 bits per heavy atom. The normalized spacial score (nSPS) is 19.7. The maximum absolute atomic E-state index is 13.0. The number of allylic oxidation sites excluding steroid dienone is 3. The van der Waals surface area contributed by atoms with Crippen LogP contribution >= 0.6 is 0 Å². The van der Waals surface area contributed by atoms with Crippen LogP contribution in [0.5, 0.6) is 0 Å². The Morgan fingerprint density at radius 2 is 0.838 bits per heavy atom. The van der Waals surface area contributed by atoms with Crippen LogP contribution in [0.15, 0.2) is 24.3 Å². The molecular weight excluding hydrogens is 851 g/mol. The van der Waals surface area contributed by atoms with Crippen LogP contribution in [0.1, 0.15) is 290 Å². The van der Waals surface area contributed by atoms with Gasteiger partial charge in [-0.3, -0.25) is 4.79 Å². The maximum Gasteiger partial charge on any atom is 0.220 e. The molecule has 68 heavy (non-hydrogen) atoms. The summed E-state index contributed by atoms with van der Waals surface area (Å²) in [5, 5.41) is 54.4. The summed E-state index contributed by atoms with van der Waals surface area (Å²) in [6, 6.07) is -0.818. The third-order valence-electron chi connectivity index (χ3n) is 14.3. The van der Waals surface area contributed by atoms with Crippen LogP contribution in [0.25, 0.3) is 0 Å². The summed E-state index contributed by atoms with van der Waals surface area (Å²) in [7, 11) is 0. The molecule has 1 saturated heterocycles. The van der Waals surface area contributed by atoms with Gasteiger partial charge in [0.15, 0.2) is 6.29 Å². The zero-order valence-corrected chi connectivity index (χ0v) is 44.6. The highest BCUT2D eigenvalue weighted by Gasteiger charge is 2.44. The van der Waals surface area contributed by atoms with E-state index in [4.69, 9.17) is 9.47 Å². The molecule has 7 atom stereocenters. The van der Waals surface area contributed by atoms with E-state index in [0.29, 0.717) is 6.42 Å². The molecule has 0 saturated carbocycles. The van der Waals surface area contributed by atoms with Crippen LogP contribution in [-0.2, 0) is 14.3 Å². The Balaban J connectivity index is 2.12. The summed E-state index contributed by atoms with van der Waals surface area (Å²) < 4.78 is 11.2. The second-order valence-corrected chi connectivity index (χ2v) is 20.8. The van der Waals surface area contributed by atoms with E-state index >= 15 is 0 Å². The van der Waals surface area contributed by atoms with Crippen LogP contribution in [0, 0.1) is 0 Å². The Hall–Kier alpha value is -1.33. The second kappa shape index (κ2) is 49.3. The molecule has 1 heterocycles. The molecule has 6 N–H and O–H groups in total. The first-order valence-electron chi connectivity index (χ1n) is 29.6. The lowest BCUT2D eigenvalue weighted by Crippen LogP contribution is -2.60. The summed E-state index contributed by atoms with van der Waals surface area (Å²) in [6.07, 6.45) is 55.6. The lowest BCUT2D eigenvalue weighted by atomic mass is 9.99. The average molecular weight is 965 g/mol. The molecule has 0 aromatic carbocycles. The van der Waals surface area contributed by atoms with Gasteiger partial charge in [-0.05, 0) is 32.1 Å². The number of carbonyl (C=O) groups is 1. The Labute approximate surface area is 419 Å². The van der Waals surface area contributed by atoms with Crippen molar-refractivity contribution in [1.82, 2.24) is 5.32 Å². The highest BCUT2D eigenvalue weighted by Crippen LogP contribution is 2.23. The standard InChI is InChI=1S/C59H113NO8/c1-3-5-7-9-11-13-15-17-19-20-21-22-23-24-25-26-27-28-29-30-31-32-33-34-35-37-39-41-43-45-47-49-55(63)60-52(51-67-59-58(66)57(65)56(64)54(50-61)68-59)53(62)48-46-44-42-40-38-36-18-16-14-12-10-8-6-4-2/h38,40,46,48,52-54,56-59,61-62,64-66H,3-37,39,41-45,47,49-51H2,1-2H3,(H,60,63)/b40-38+,48-46+. The molecule has 1 rings (SSSR count). The van der Waals surface area contributed by atoms with E-state index in [0.717, 1.165) is 38.5 Å². The minimum atomic E-state index is -1.57. The molecule has 1 fully saturated rings. The average Bonchev–Trinajstić information content (AvgIpc) is 3.34. The summed E-state index contributed by atoms with van der Waals surface area (Å²) in [5.41, 5.74) is 0. The summed E-state index contributed by atoms with van der Waals surface area (Å²) >= 11 is 0. The number of aliphatic hydroxyl groups excluding tert-OH is 5. The van der Waals surface area contributed by atoms with Crippen molar-refractivity contribution in [3.8, 4) is 0 Å². The zero-order valence-electron chi connectivity index (χ0n) is 44.6. The van der Waals surface area contributed by atoms with Gasteiger partial charge < -0.3 is 40.3 Å². The number of unbranched alkanes of at least 4 members (excludes halogenated alkanes) is 39. The number of aliphatic hydroxyl groups is 5. The van der Waals surface area contributed by atoms with E-state index in [1.54, 1.807) is 6.08 Å². The van der Waals surface area contributed by atoms with Crippen molar-refractivity contribution in [3.63, 3.8) is 0 Å². The molecule has 9 heteroatoms. The van der Waals surface area contributed by atoms with Crippen molar-refractivity contribution in [2.24, 2.45) is 0 Å². The lowest BCUT2D eigenvalue weighted by molar-refractivity contribution is -0.302. The molecule has 402 valence electrons. The quantitative estimate of drug-likeness (QED) is 0.0261. The minimum Gasteiger partial charge on any atom is -0.394 e. The van der Waals surface area contributed by atoms with Crippen molar-refractivity contribution >= 4 is 5.91 Å². The highest BCUT2D eigenvalue weighted by atomic mass is 16.7. The van der Waals surface area contributed by atoms with Gasteiger partial charge in [0.25, 0.3) is 0 Å². The SMILES string of the molecule is CCCCCCCCCC/C=C/CC/C=C/C(O)C(COC1OC(CO)C(O)C(O)C1O)NC(=O)CCCCCCCCCCCCCCCCCCCCCCCCCCCCCCCCC. The maximum atomic E-state index is 13.0. The molecule has 0 aromatic rings. The van der Waals surface area contributed by atoms with Crippen molar-refractivity contribution in [2.45, 2.75) is 333 Å². The summed E-state index contributed by atoms with van der Waals surface area (Å²) in [4.78, 5) is 13.0. The number of rotatable bonds is 51. The molecule has 0 aliphatic carbocycles. The van der Waals surface area contributed by atoms with E-state index in [-0.39, 0.29) is 12.5 Å². The topological polar surface area (TPSA) is 149 Å². The van der Waals surface area contributed by atoms with Crippen LogP contribution in [0.2, 0.25) is 0 Å². The number of nitrogens with one attached hydrogen (secondary N) is 1. The second-order valence-electron chi connectivity index (χ2n) is 20.8. The van der Waals surface area contributed by atoms with E-state index in [2.05, 4.69) is 31.3 Å². The summed E-state index contributed by atoms with van der Waals surface area (Å²) in [5.74, 6) is -0.181. The number of hydrogen-bond donors (Lipinski definition) is 6. The van der Waals surface area contributed by atoms with Crippen LogP contribution < -0.4 is 5.32 Å². The number of carbonyl (C=O) groups excluding carboxylic acids is 1. The Bertz CT molecular complexity index is 1120. The molecule has 0 bridgehead atoms. The Morgan fingerprint density at radius 1 is 0.485 bits per heavy atom. The van der Waals surface area contributed by atoms with Gasteiger partial charge in [0.1, 0.15) is 24.4 Å². The molecule has 1 aliphatic heterocycles. The fraction of sp³-hybridized carbons (Fsp3) is 0.915. The summed E-state index contributed by atoms with van der Waals surface area (Å²) in [6.45, 7) is 3.78. The number of hydrogen-bond acceptors (Lipinski definition) is 8. The first-order valence-corrected chi connectivity index (χ1v) is 29.6. The highest BCUT2D eigenvalue weighted by molar-refractivity contribution is 5.76. The van der Waals surface area contributed by atoms with Crippen LogP contribution in [-0.4, -0.2) is 87.5 Å². The smallest absolute Gasteiger partial charge is 0.220 e. The van der Waals surface area contributed by atoms with Crippen molar-refractivity contribution < 1.29 is 39.8 Å². The molecule has 1 amide bonds. The molecule has 0 aromatic heterocycles. The molecule has 0 radical (unpaired) electrons. The van der Waals surface area contributed by atoms with Gasteiger partial charge in [-0.25, -0.2) is 0 Å². The van der Waals surface area contributed by atoms with Gasteiger partial charge in [0.05, 0.1) is 25.4 Å². The number of ether oxygens (including phenoxy) is 2. The number of amides is 1. The lowest BCUT2D eigenvalue weighted by Gasteiger charge is -2.40. The first kappa shape index (κ1) is 64.7. The molecule has 7 unspecified atom stereocenters. The van der Waals surface area contributed by atoms with Crippen molar-refractivity contribution in [1.29, 1.82) is 0 Å². The minimum absolute atomic E-state index is 0.181. The van der Waals surface area contributed by atoms with Gasteiger partial charge in [-0.15, -0.1) is 0 Å². The van der Waals surface area contributed by atoms with Gasteiger partial charge in [0, 0.05) is 6.42 Å². The van der Waals surface area contributed by atoms with Crippen LogP contribution in [0.3, 0.4) is 0 Å².